The van der Waals surface area contributed by atoms with Crippen molar-refractivity contribution in [2.45, 2.75) is 75.9 Å². The number of nitrogens with zero attached hydrogens (tertiary/aromatic N) is 1. The van der Waals surface area contributed by atoms with Gasteiger partial charge in [-0.1, -0.05) is 12.8 Å². The average molecular weight is 451 g/mol. The topological polar surface area (TPSA) is 107 Å². The van der Waals surface area contributed by atoms with Crippen molar-refractivity contribution < 1.29 is 28.9 Å². The van der Waals surface area contributed by atoms with Gasteiger partial charge in [0.25, 0.3) is 0 Å². The van der Waals surface area contributed by atoms with Crippen LogP contribution in [0.5, 0.6) is 5.75 Å². The third kappa shape index (κ3) is 4.77. The minimum atomic E-state index is -1.50. The summed E-state index contributed by atoms with van der Waals surface area (Å²) in [5.74, 6) is 0.252. The van der Waals surface area contributed by atoms with Gasteiger partial charge in [-0.25, -0.2) is 9.59 Å². The van der Waals surface area contributed by atoms with Crippen LogP contribution in [0.4, 0.5) is 4.79 Å². The van der Waals surface area contributed by atoms with E-state index in [-0.39, 0.29) is 12.5 Å². The summed E-state index contributed by atoms with van der Waals surface area (Å²) in [7, 11) is 0. The van der Waals surface area contributed by atoms with E-state index in [0.717, 1.165) is 30.1 Å². The smallest absolute Gasteiger partial charge is 0.405 e. The highest BCUT2D eigenvalue weighted by molar-refractivity contribution is 7.98. The number of fused-ring (bicyclic) bond motifs is 1. The summed E-state index contributed by atoms with van der Waals surface area (Å²) < 4.78 is 17.8. The van der Waals surface area contributed by atoms with Crippen LogP contribution in [0.3, 0.4) is 0 Å². The number of hydrogen-bond acceptors (Lipinski definition) is 7. The maximum atomic E-state index is 13.1. The second kappa shape index (κ2) is 8.50. The molecule has 3 atom stereocenters. The first-order chi connectivity index (χ1) is 14.7. The SMILES string of the molecule is CSC[C@H](NC(=O)O)[C@@]1(Cc2nccc3c2CC(CCC2CC2)O3)OC(C)(C)OC1=O. The molecule has 8 nitrogen and oxygen atoms in total. The Morgan fingerprint density at radius 1 is 1.39 bits per heavy atom. The number of carbonyl (C=O) groups is 2. The molecule has 1 aromatic rings. The number of rotatable bonds is 9. The molecule has 1 saturated heterocycles. The van der Waals surface area contributed by atoms with E-state index in [9.17, 15) is 14.7 Å². The van der Waals surface area contributed by atoms with Crippen LogP contribution in [0.2, 0.25) is 0 Å². The van der Waals surface area contributed by atoms with Gasteiger partial charge in [-0.2, -0.15) is 11.8 Å². The molecule has 2 fully saturated rings. The molecule has 0 radical (unpaired) electrons. The molecular formula is C22H30N2O6S. The molecule has 0 aromatic carbocycles. The second-order valence-electron chi connectivity index (χ2n) is 9.11. The summed E-state index contributed by atoms with van der Waals surface area (Å²) in [5, 5.41) is 11.9. The van der Waals surface area contributed by atoms with E-state index in [1.807, 2.05) is 12.3 Å². The zero-order valence-corrected chi connectivity index (χ0v) is 19.0. The molecule has 4 rings (SSSR count). The highest BCUT2D eigenvalue weighted by atomic mass is 32.2. The number of pyridine rings is 1. The van der Waals surface area contributed by atoms with Crippen molar-refractivity contribution in [1.82, 2.24) is 10.3 Å². The zero-order chi connectivity index (χ0) is 22.2. The lowest BCUT2D eigenvalue weighted by atomic mass is 9.87. The molecule has 31 heavy (non-hydrogen) atoms. The predicted octanol–water partition coefficient (Wildman–Crippen LogP) is 3.17. The molecule has 0 spiro atoms. The van der Waals surface area contributed by atoms with Crippen LogP contribution in [0.15, 0.2) is 12.3 Å². The first-order valence-electron chi connectivity index (χ1n) is 10.8. The van der Waals surface area contributed by atoms with Crippen LogP contribution >= 0.6 is 11.8 Å². The number of nitrogens with one attached hydrogen (secondary N) is 1. The van der Waals surface area contributed by atoms with E-state index in [1.54, 1.807) is 20.0 Å². The number of carboxylic acid groups (broad SMARTS) is 1. The number of thioether (sulfide) groups is 1. The molecule has 2 N–H and O–H groups in total. The maximum Gasteiger partial charge on any atom is 0.405 e. The highest BCUT2D eigenvalue weighted by Crippen LogP contribution is 2.41. The molecule has 1 unspecified atom stereocenters. The van der Waals surface area contributed by atoms with Gasteiger partial charge in [-0.05, 0) is 31.1 Å². The van der Waals surface area contributed by atoms with E-state index in [1.165, 1.54) is 31.0 Å². The fourth-order valence-electron chi connectivity index (χ4n) is 4.55. The number of esters is 1. The van der Waals surface area contributed by atoms with Crippen molar-refractivity contribution in [3.63, 3.8) is 0 Å². The van der Waals surface area contributed by atoms with Crippen LogP contribution in [-0.2, 0) is 27.1 Å². The molecule has 1 amide bonds. The Labute approximate surface area is 186 Å². The Kier molecular flexibility index (Phi) is 6.09. The molecule has 1 aliphatic carbocycles. The van der Waals surface area contributed by atoms with Gasteiger partial charge in [-0.3, -0.25) is 4.98 Å². The second-order valence-corrected chi connectivity index (χ2v) is 10.0. The number of hydrogen-bond donors (Lipinski definition) is 2. The van der Waals surface area contributed by atoms with E-state index in [0.29, 0.717) is 11.4 Å². The monoisotopic (exact) mass is 450 g/mol. The van der Waals surface area contributed by atoms with Crippen molar-refractivity contribution in [3.8, 4) is 5.75 Å². The quantitative estimate of drug-likeness (QED) is 0.553. The number of amides is 1. The molecule has 1 aromatic heterocycles. The first-order valence-corrected chi connectivity index (χ1v) is 12.2. The lowest BCUT2D eigenvalue weighted by molar-refractivity contribution is -0.169. The standard InChI is InChI=1S/C22H30N2O6S/c1-21(2)29-19(25)22(30-21,18(12-31-3)24-20(26)27)11-16-15-10-14(7-6-13-4-5-13)28-17(15)8-9-23-16/h8-9,13-14,18,24H,4-7,10-12H2,1-3H3,(H,26,27)/t14?,18-,22+/m0/s1. The highest BCUT2D eigenvalue weighted by Gasteiger charge is 2.59. The number of aromatic nitrogens is 1. The Morgan fingerprint density at radius 2 is 2.16 bits per heavy atom. The summed E-state index contributed by atoms with van der Waals surface area (Å²) in [6, 6.07) is 1.06. The normalized spacial score (nSPS) is 27.3. The minimum Gasteiger partial charge on any atom is -0.490 e. The van der Waals surface area contributed by atoms with E-state index >= 15 is 0 Å². The number of carbonyl (C=O) groups excluding carboxylic acids is 1. The third-order valence-corrected chi connectivity index (χ3v) is 6.82. The molecule has 3 heterocycles. The molecule has 3 aliphatic rings. The molecule has 0 bridgehead atoms. The van der Waals surface area contributed by atoms with Crippen molar-refractivity contribution in [2.24, 2.45) is 5.92 Å². The zero-order valence-electron chi connectivity index (χ0n) is 18.2. The fourth-order valence-corrected chi connectivity index (χ4v) is 5.23. The lowest BCUT2D eigenvalue weighted by Crippen LogP contribution is -2.59. The van der Waals surface area contributed by atoms with Gasteiger partial charge in [0.2, 0.25) is 5.79 Å². The summed E-state index contributed by atoms with van der Waals surface area (Å²) >= 11 is 1.43. The Balaban J connectivity index is 1.62. The minimum absolute atomic E-state index is 0.113. The maximum absolute atomic E-state index is 13.1. The largest absolute Gasteiger partial charge is 0.490 e. The van der Waals surface area contributed by atoms with E-state index in [4.69, 9.17) is 14.2 Å². The van der Waals surface area contributed by atoms with Gasteiger partial charge >= 0.3 is 12.1 Å². The molecule has 9 heteroatoms. The molecule has 170 valence electrons. The van der Waals surface area contributed by atoms with Crippen molar-refractivity contribution in [3.05, 3.63) is 23.5 Å². The van der Waals surface area contributed by atoms with Crippen LogP contribution < -0.4 is 10.1 Å². The van der Waals surface area contributed by atoms with Gasteiger partial charge < -0.3 is 24.6 Å². The van der Waals surface area contributed by atoms with Gasteiger partial charge in [0.1, 0.15) is 11.9 Å². The van der Waals surface area contributed by atoms with Crippen LogP contribution in [0.1, 0.15) is 50.8 Å². The van der Waals surface area contributed by atoms with Gasteiger partial charge in [0, 0.05) is 44.2 Å². The van der Waals surface area contributed by atoms with Gasteiger partial charge in [-0.15, -0.1) is 0 Å². The van der Waals surface area contributed by atoms with Crippen molar-refractivity contribution in [1.29, 1.82) is 0 Å². The summed E-state index contributed by atoms with van der Waals surface area (Å²) in [6.07, 6.45) is 8.09. The average Bonchev–Trinajstić information content (AvgIpc) is 3.36. The Morgan fingerprint density at radius 3 is 2.77 bits per heavy atom. The summed E-state index contributed by atoms with van der Waals surface area (Å²) in [6.45, 7) is 3.31. The fraction of sp³-hybridized carbons (Fsp3) is 0.682. The predicted molar refractivity (Wildman–Crippen MR) is 115 cm³/mol. The number of cyclic esters (lactones) is 1. The van der Waals surface area contributed by atoms with Gasteiger partial charge in [0.05, 0.1) is 11.7 Å². The molecular weight excluding hydrogens is 420 g/mol. The van der Waals surface area contributed by atoms with Crippen molar-refractivity contribution >= 4 is 23.8 Å². The van der Waals surface area contributed by atoms with Crippen molar-refractivity contribution in [2.75, 3.05) is 12.0 Å². The third-order valence-electron chi connectivity index (χ3n) is 6.16. The number of ether oxygens (including phenoxy) is 3. The summed E-state index contributed by atoms with van der Waals surface area (Å²) in [4.78, 5) is 29.2. The van der Waals surface area contributed by atoms with E-state index < -0.39 is 29.5 Å². The Hall–Kier alpha value is -2.00. The Bertz CT molecular complexity index is 858. The van der Waals surface area contributed by atoms with Gasteiger partial charge in [0.15, 0.2) is 5.60 Å². The molecule has 2 aliphatic heterocycles. The first kappa shape index (κ1) is 22.2. The van der Waals surface area contributed by atoms with E-state index in [2.05, 4.69) is 10.3 Å². The van der Waals surface area contributed by atoms with Crippen LogP contribution in [-0.4, -0.2) is 57.7 Å². The lowest BCUT2D eigenvalue weighted by Gasteiger charge is -2.33. The van der Waals surface area contributed by atoms with Crippen LogP contribution in [0, 0.1) is 5.92 Å². The van der Waals surface area contributed by atoms with Crippen LogP contribution in [0.25, 0.3) is 0 Å². The molecule has 1 saturated carbocycles. The summed E-state index contributed by atoms with van der Waals surface area (Å²) in [5.41, 5.74) is 0.167.